The predicted molar refractivity (Wildman–Crippen MR) is 120 cm³/mol. The third-order valence-electron chi connectivity index (χ3n) is 8.58. The van der Waals surface area contributed by atoms with E-state index in [4.69, 9.17) is 0 Å². The van der Waals surface area contributed by atoms with Crippen molar-refractivity contribution >= 4 is 0 Å². The van der Waals surface area contributed by atoms with Crippen LogP contribution in [-0.4, -0.2) is 83.5 Å². The second-order valence-corrected chi connectivity index (χ2v) is 10.2. The van der Waals surface area contributed by atoms with Gasteiger partial charge in [0, 0.05) is 37.1 Å². The van der Waals surface area contributed by atoms with Gasteiger partial charge < -0.3 is 0 Å². The van der Waals surface area contributed by atoms with Crippen molar-refractivity contribution in [2.24, 2.45) is 0 Å². The number of benzene rings is 2. The highest BCUT2D eigenvalue weighted by Crippen LogP contribution is 2.43. The summed E-state index contributed by atoms with van der Waals surface area (Å²) in [5.41, 5.74) is 3.05. The Kier molecular flexibility index (Phi) is 4.72. The van der Waals surface area contributed by atoms with E-state index >= 15 is 0 Å². The number of rotatable bonds is 4. The third-order valence-corrected chi connectivity index (χ3v) is 8.58. The Labute approximate surface area is 181 Å². The number of piperazine rings is 2. The fourth-order valence-corrected chi connectivity index (χ4v) is 7.37. The number of quaternary nitrogens is 2. The highest BCUT2D eigenvalue weighted by molar-refractivity contribution is 5.15. The van der Waals surface area contributed by atoms with Crippen LogP contribution in [0.5, 0.6) is 0 Å². The molecule has 30 heavy (non-hydrogen) atoms. The molecule has 158 valence electrons. The molecule has 0 aliphatic carbocycles. The van der Waals surface area contributed by atoms with Gasteiger partial charge in [0.1, 0.15) is 13.1 Å². The van der Waals surface area contributed by atoms with Crippen molar-refractivity contribution in [1.29, 1.82) is 0 Å². The summed E-state index contributed by atoms with van der Waals surface area (Å²) < 4.78 is 2.58. The first-order valence-corrected chi connectivity index (χ1v) is 12.1. The van der Waals surface area contributed by atoms with Gasteiger partial charge in [0.05, 0.1) is 39.3 Å². The Morgan fingerprint density at radius 3 is 1.43 bits per heavy atom. The molecule has 0 amide bonds. The van der Waals surface area contributed by atoms with E-state index in [1.807, 2.05) is 0 Å². The Bertz CT molecular complexity index is 798. The lowest BCUT2D eigenvalue weighted by atomic mass is 9.93. The summed E-state index contributed by atoms with van der Waals surface area (Å²) in [5, 5.41) is 0. The molecule has 4 fully saturated rings. The van der Waals surface area contributed by atoms with E-state index in [9.17, 15) is 0 Å². The van der Waals surface area contributed by atoms with E-state index in [2.05, 4.69) is 70.5 Å². The second-order valence-electron chi connectivity index (χ2n) is 10.2. The SMILES string of the molecule is c1ccc(C[N+]23CCCN4CC[N+]5(Cc6ccccc6)CCCN(CC2)C5C43)cc1. The maximum atomic E-state index is 2.90. The van der Waals surface area contributed by atoms with Gasteiger partial charge in [-0.05, 0) is 0 Å². The lowest BCUT2D eigenvalue weighted by Crippen LogP contribution is -2.87. The Morgan fingerprint density at radius 1 is 0.567 bits per heavy atom. The van der Waals surface area contributed by atoms with Gasteiger partial charge in [0.15, 0.2) is 0 Å². The molecule has 4 unspecified atom stereocenters. The third kappa shape index (κ3) is 3.04. The summed E-state index contributed by atoms with van der Waals surface area (Å²) in [6.07, 6.45) is 4.03. The second kappa shape index (κ2) is 7.45. The van der Waals surface area contributed by atoms with Crippen molar-refractivity contribution < 1.29 is 8.97 Å². The first-order valence-electron chi connectivity index (χ1n) is 12.1. The average Bonchev–Trinajstić information content (AvgIpc) is 2.79. The van der Waals surface area contributed by atoms with Gasteiger partial charge >= 0.3 is 0 Å². The van der Waals surface area contributed by atoms with Crippen LogP contribution in [0.15, 0.2) is 60.7 Å². The maximum absolute atomic E-state index is 2.90. The lowest BCUT2D eigenvalue weighted by Gasteiger charge is -2.67. The van der Waals surface area contributed by atoms with Crippen LogP contribution in [0, 0.1) is 0 Å². The summed E-state index contributed by atoms with van der Waals surface area (Å²) in [5.74, 6) is 0. The van der Waals surface area contributed by atoms with Crippen LogP contribution in [-0.2, 0) is 13.1 Å². The highest BCUT2D eigenvalue weighted by Gasteiger charge is 2.64. The van der Waals surface area contributed by atoms with Crippen molar-refractivity contribution in [3.05, 3.63) is 71.8 Å². The first kappa shape index (κ1) is 19.0. The van der Waals surface area contributed by atoms with Gasteiger partial charge in [-0.1, -0.05) is 60.7 Å². The molecule has 4 saturated heterocycles. The molecule has 0 bridgehead atoms. The molecule has 0 radical (unpaired) electrons. The number of hydrogen-bond acceptors (Lipinski definition) is 2. The average molecular weight is 405 g/mol. The summed E-state index contributed by atoms with van der Waals surface area (Å²) in [4.78, 5) is 5.80. The van der Waals surface area contributed by atoms with E-state index in [0.717, 1.165) is 0 Å². The fraction of sp³-hybridized carbons (Fsp3) is 0.538. The molecule has 6 rings (SSSR count). The largest absolute Gasteiger partial charge is 0.297 e. The minimum Gasteiger partial charge on any atom is -0.297 e. The van der Waals surface area contributed by atoms with Crippen LogP contribution in [0.1, 0.15) is 24.0 Å². The van der Waals surface area contributed by atoms with Crippen LogP contribution in [0.3, 0.4) is 0 Å². The zero-order valence-corrected chi connectivity index (χ0v) is 18.2. The molecule has 2 aromatic rings. The summed E-state index contributed by atoms with van der Waals surface area (Å²) in [7, 11) is 0. The van der Waals surface area contributed by atoms with E-state index in [0.29, 0.717) is 12.3 Å². The highest BCUT2D eigenvalue weighted by atomic mass is 15.7. The summed E-state index contributed by atoms with van der Waals surface area (Å²) in [6, 6.07) is 22.6. The Morgan fingerprint density at radius 2 is 1.00 bits per heavy atom. The lowest BCUT2D eigenvalue weighted by molar-refractivity contribution is -1.07. The van der Waals surface area contributed by atoms with E-state index < -0.39 is 0 Å². The minimum atomic E-state index is 0.658. The van der Waals surface area contributed by atoms with Gasteiger partial charge in [-0.2, -0.15) is 0 Å². The summed E-state index contributed by atoms with van der Waals surface area (Å²) >= 11 is 0. The molecule has 4 atom stereocenters. The molecule has 0 spiro atoms. The molecular weight excluding hydrogens is 368 g/mol. The van der Waals surface area contributed by atoms with Gasteiger partial charge in [-0.15, -0.1) is 0 Å². The zero-order chi connectivity index (χ0) is 20.0. The van der Waals surface area contributed by atoms with Crippen LogP contribution >= 0.6 is 0 Å². The zero-order valence-electron chi connectivity index (χ0n) is 18.2. The molecule has 2 aromatic carbocycles. The quantitative estimate of drug-likeness (QED) is 0.723. The van der Waals surface area contributed by atoms with E-state index in [1.54, 1.807) is 0 Å². The van der Waals surface area contributed by atoms with Gasteiger partial charge in [-0.25, -0.2) is 9.80 Å². The molecule has 4 heterocycles. The Balaban J connectivity index is 1.40. The molecule has 4 aliphatic rings. The maximum Gasteiger partial charge on any atom is 0.214 e. The van der Waals surface area contributed by atoms with Crippen molar-refractivity contribution in [3.63, 3.8) is 0 Å². The van der Waals surface area contributed by atoms with Crippen LogP contribution in [0.4, 0.5) is 0 Å². The molecule has 4 nitrogen and oxygen atoms in total. The van der Waals surface area contributed by atoms with Crippen molar-refractivity contribution in [2.75, 3.05) is 52.4 Å². The molecule has 4 heteroatoms. The monoisotopic (exact) mass is 404 g/mol. The van der Waals surface area contributed by atoms with Crippen molar-refractivity contribution in [1.82, 2.24) is 9.80 Å². The number of hydrogen-bond donors (Lipinski definition) is 0. The first-order chi connectivity index (χ1) is 14.8. The smallest absolute Gasteiger partial charge is 0.214 e. The van der Waals surface area contributed by atoms with Crippen LogP contribution < -0.4 is 0 Å². The van der Waals surface area contributed by atoms with Crippen LogP contribution in [0.2, 0.25) is 0 Å². The van der Waals surface area contributed by atoms with E-state index in [1.165, 1.54) is 98.4 Å². The molecule has 0 aromatic heterocycles. The van der Waals surface area contributed by atoms with Gasteiger partial charge in [-0.3, -0.25) is 8.97 Å². The van der Waals surface area contributed by atoms with Crippen LogP contribution in [0.25, 0.3) is 0 Å². The minimum absolute atomic E-state index is 0.658. The molecule has 0 saturated carbocycles. The standard InChI is InChI=1S/C26H36N4/c1-3-9-23(10-4-1)21-29-17-7-13-27-16-20-30(22-24-11-5-2-6-12-24)18-8-14-28(15-19-29)26(30)25(27)29/h1-6,9-12,25-26H,7-8,13-22H2/q+2. The summed E-state index contributed by atoms with van der Waals surface area (Å²) in [6.45, 7) is 12.9. The van der Waals surface area contributed by atoms with Crippen molar-refractivity contribution in [2.45, 2.75) is 38.3 Å². The Hall–Kier alpha value is -1.72. The fourth-order valence-electron chi connectivity index (χ4n) is 7.37. The molecular formula is C26H36N4+2. The topological polar surface area (TPSA) is 6.48 Å². The number of nitrogens with zero attached hydrogens (tertiary/aromatic N) is 4. The predicted octanol–water partition coefficient (Wildman–Crippen LogP) is 3.11. The molecule has 0 N–H and O–H groups in total. The normalized spacial score (nSPS) is 36.3. The van der Waals surface area contributed by atoms with Gasteiger partial charge in [0.25, 0.3) is 0 Å². The van der Waals surface area contributed by atoms with Gasteiger partial charge in [0.2, 0.25) is 12.3 Å². The van der Waals surface area contributed by atoms with E-state index in [-0.39, 0.29) is 0 Å². The molecule has 4 aliphatic heterocycles. The van der Waals surface area contributed by atoms with Crippen molar-refractivity contribution in [3.8, 4) is 0 Å².